The smallest absolute Gasteiger partial charge is 0.166 e. The fraction of sp³-hybridized carbons (Fsp3) is 0.312. The number of rotatable bonds is 2. The third-order valence-electron chi connectivity index (χ3n) is 3.67. The molecule has 110 valence electrons. The Morgan fingerprint density at radius 1 is 1.10 bits per heavy atom. The maximum atomic E-state index is 14.1. The zero-order valence-corrected chi connectivity index (χ0v) is 11.8. The molecular weight excluding hydrogens is 274 g/mol. The molecule has 2 heterocycles. The van der Waals surface area contributed by atoms with Gasteiger partial charge in [-0.25, -0.2) is 13.8 Å². The zero-order valence-electron chi connectivity index (χ0n) is 11.8. The first kappa shape index (κ1) is 13.9. The number of benzene rings is 1. The molecule has 1 aliphatic heterocycles. The normalized spacial score (nSPS) is 15.3. The van der Waals surface area contributed by atoms with Gasteiger partial charge in [-0.1, -0.05) is 12.1 Å². The molecule has 1 aliphatic rings. The Balaban J connectivity index is 1.98. The molecule has 1 aromatic heterocycles. The summed E-state index contributed by atoms with van der Waals surface area (Å²) in [5.74, 6) is -0.845. The van der Waals surface area contributed by atoms with Gasteiger partial charge in [-0.15, -0.1) is 0 Å². The van der Waals surface area contributed by atoms with Crippen molar-refractivity contribution in [1.82, 2.24) is 4.98 Å². The number of morpholine rings is 1. The Labute approximate surface area is 122 Å². The van der Waals surface area contributed by atoms with Gasteiger partial charge in [0.15, 0.2) is 11.6 Å². The molecule has 0 atom stereocenters. The summed E-state index contributed by atoms with van der Waals surface area (Å²) in [5, 5.41) is 0. The third kappa shape index (κ3) is 2.74. The van der Waals surface area contributed by atoms with E-state index >= 15 is 0 Å². The molecule has 1 aromatic carbocycles. The van der Waals surface area contributed by atoms with Crippen LogP contribution < -0.4 is 4.90 Å². The van der Waals surface area contributed by atoms with Crippen molar-refractivity contribution in [3.63, 3.8) is 0 Å². The van der Waals surface area contributed by atoms with Crippen LogP contribution in [0.3, 0.4) is 0 Å². The van der Waals surface area contributed by atoms with E-state index in [-0.39, 0.29) is 5.56 Å². The quantitative estimate of drug-likeness (QED) is 0.849. The average Bonchev–Trinajstić information content (AvgIpc) is 2.54. The molecule has 0 saturated carbocycles. The summed E-state index contributed by atoms with van der Waals surface area (Å²) in [6, 6.07) is 6.67. The van der Waals surface area contributed by atoms with E-state index in [9.17, 15) is 8.78 Å². The van der Waals surface area contributed by atoms with Crippen LogP contribution >= 0.6 is 0 Å². The molecule has 0 spiro atoms. The van der Waals surface area contributed by atoms with Crippen LogP contribution in [0.1, 0.15) is 5.56 Å². The number of hydrogen-bond donors (Lipinski definition) is 0. The number of pyridine rings is 1. The minimum absolute atomic E-state index is 0.259. The highest BCUT2D eigenvalue weighted by atomic mass is 19.2. The largest absolute Gasteiger partial charge is 0.378 e. The monoisotopic (exact) mass is 290 g/mol. The van der Waals surface area contributed by atoms with Crippen LogP contribution in [0.25, 0.3) is 11.1 Å². The molecule has 1 saturated heterocycles. The van der Waals surface area contributed by atoms with Crippen molar-refractivity contribution in [3.05, 3.63) is 47.7 Å². The molecule has 0 amide bonds. The van der Waals surface area contributed by atoms with E-state index < -0.39 is 11.6 Å². The van der Waals surface area contributed by atoms with Gasteiger partial charge in [-0.05, 0) is 30.2 Å². The molecule has 0 bridgehead atoms. The summed E-state index contributed by atoms with van der Waals surface area (Å²) in [6.07, 6.45) is 1.62. The number of halogens is 2. The standard InChI is InChI=1S/C16H16F2N2O/c1-11-2-3-13(16(18)15(11)17)12-4-5-19-14(10-12)20-6-8-21-9-7-20/h2-5,10H,6-9H2,1H3. The third-order valence-corrected chi connectivity index (χ3v) is 3.67. The molecular formula is C16H16F2N2O. The Morgan fingerprint density at radius 2 is 1.86 bits per heavy atom. The SMILES string of the molecule is Cc1ccc(-c2ccnc(N3CCOCC3)c2)c(F)c1F. The fourth-order valence-electron chi connectivity index (χ4n) is 2.42. The first-order valence-electron chi connectivity index (χ1n) is 6.90. The predicted molar refractivity (Wildman–Crippen MR) is 77.4 cm³/mol. The van der Waals surface area contributed by atoms with Crippen LogP contribution in [0, 0.1) is 18.6 Å². The number of hydrogen-bond acceptors (Lipinski definition) is 3. The maximum absolute atomic E-state index is 14.1. The van der Waals surface area contributed by atoms with Crippen LogP contribution in [0.5, 0.6) is 0 Å². The fourth-order valence-corrected chi connectivity index (χ4v) is 2.42. The van der Waals surface area contributed by atoms with Gasteiger partial charge in [0.25, 0.3) is 0 Å². The first-order valence-corrected chi connectivity index (χ1v) is 6.90. The van der Waals surface area contributed by atoms with E-state index in [2.05, 4.69) is 9.88 Å². The molecule has 2 aromatic rings. The van der Waals surface area contributed by atoms with Crippen LogP contribution in [0.2, 0.25) is 0 Å². The molecule has 0 radical (unpaired) electrons. The highest BCUT2D eigenvalue weighted by Crippen LogP contribution is 2.28. The number of anilines is 1. The summed E-state index contributed by atoms with van der Waals surface area (Å²) >= 11 is 0. The minimum Gasteiger partial charge on any atom is -0.378 e. The Kier molecular flexibility index (Phi) is 3.84. The molecule has 1 fully saturated rings. The molecule has 0 N–H and O–H groups in total. The van der Waals surface area contributed by atoms with E-state index in [0.717, 1.165) is 18.9 Å². The van der Waals surface area contributed by atoms with E-state index in [0.29, 0.717) is 24.3 Å². The van der Waals surface area contributed by atoms with Gasteiger partial charge in [-0.2, -0.15) is 0 Å². The van der Waals surface area contributed by atoms with Gasteiger partial charge < -0.3 is 9.64 Å². The molecule has 0 aliphatic carbocycles. The summed E-state index contributed by atoms with van der Waals surface area (Å²) in [5.41, 5.74) is 1.19. The van der Waals surface area contributed by atoms with E-state index in [1.807, 2.05) is 0 Å². The molecule has 0 unspecified atom stereocenters. The number of aromatic nitrogens is 1. The second kappa shape index (κ2) is 5.77. The molecule has 3 rings (SSSR count). The van der Waals surface area contributed by atoms with Crippen molar-refractivity contribution in [1.29, 1.82) is 0 Å². The van der Waals surface area contributed by atoms with Crippen molar-refractivity contribution >= 4 is 5.82 Å². The van der Waals surface area contributed by atoms with Crippen molar-refractivity contribution in [2.75, 3.05) is 31.2 Å². The predicted octanol–water partition coefficient (Wildman–Crippen LogP) is 3.17. The van der Waals surface area contributed by atoms with Gasteiger partial charge in [-0.3, -0.25) is 0 Å². The molecule has 21 heavy (non-hydrogen) atoms. The summed E-state index contributed by atoms with van der Waals surface area (Å²) in [7, 11) is 0. The van der Waals surface area contributed by atoms with E-state index in [4.69, 9.17) is 4.74 Å². The summed E-state index contributed by atoms with van der Waals surface area (Å²) in [6.45, 7) is 4.36. The summed E-state index contributed by atoms with van der Waals surface area (Å²) in [4.78, 5) is 6.39. The van der Waals surface area contributed by atoms with Gasteiger partial charge in [0, 0.05) is 24.8 Å². The molecule has 3 nitrogen and oxygen atoms in total. The lowest BCUT2D eigenvalue weighted by Crippen LogP contribution is -2.36. The van der Waals surface area contributed by atoms with Gasteiger partial charge >= 0.3 is 0 Å². The number of nitrogens with zero attached hydrogens (tertiary/aromatic N) is 2. The summed E-state index contributed by atoms with van der Waals surface area (Å²) < 4.78 is 33.1. The Bertz CT molecular complexity index is 655. The Morgan fingerprint density at radius 3 is 2.62 bits per heavy atom. The van der Waals surface area contributed by atoms with Crippen LogP contribution in [-0.4, -0.2) is 31.3 Å². The zero-order chi connectivity index (χ0) is 14.8. The Hall–Kier alpha value is -2.01. The van der Waals surface area contributed by atoms with Gasteiger partial charge in [0.2, 0.25) is 0 Å². The van der Waals surface area contributed by atoms with E-state index in [1.165, 1.54) is 0 Å². The first-order chi connectivity index (χ1) is 10.2. The van der Waals surface area contributed by atoms with Crippen LogP contribution in [0.15, 0.2) is 30.5 Å². The van der Waals surface area contributed by atoms with E-state index in [1.54, 1.807) is 37.4 Å². The second-order valence-corrected chi connectivity index (χ2v) is 5.06. The lowest BCUT2D eigenvalue weighted by Gasteiger charge is -2.28. The highest BCUT2D eigenvalue weighted by Gasteiger charge is 2.16. The lowest BCUT2D eigenvalue weighted by atomic mass is 10.0. The minimum atomic E-state index is -0.811. The van der Waals surface area contributed by atoms with Crippen molar-refractivity contribution in [2.24, 2.45) is 0 Å². The highest BCUT2D eigenvalue weighted by molar-refractivity contribution is 5.67. The van der Waals surface area contributed by atoms with Crippen molar-refractivity contribution in [3.8, 4) is 11.1 Å². The van der Waals surface area contributed by atoms with Crippen LogP contribution in [0.4, 0.5) is 14.6 Å². The van der Waals surface area contributed by atoms with Gasteiger partial charge in [0.1, 0.15) is 5.82 Å². The topological polar surface area (TPSA) is 25.4 Å². The second-order valence-electron chi connectivity index (χ2n) is 5.06. The van der Waals surface area contributed by atoms with Crippen molar-refractivity contribution in [2.45, 2.75) is 6.92 Å². The van der Waals surface area contributed by atoms with Gasteiger partial charge in [0.05, 0.1) is 13.2 Å². The van der Waals surface area contributed by atoms with Crippen molar-refractivity contribution < 1.29 is 13.5 Å². The average molecular weight is 290 g/mol. The number of ether oxygens (including phenoxy) is 1. The molecule has 5 heteroatoms. The number of aryl methyl sites for hydroxylation is 1. The van der Waals surface area contributed by atoms with Crippen LogP contribution in [-0.2, 0) is 4.74 Å². The lowest BCUT2D eigenvalue weighted by molar-refractivity contribution is 0.122. The maximum Gasteiger partial charge on any atom is 0.166 e.